The number of rotatable bonds is 7. The van der Waals surface area contributed by atoms with Gasteiger partial charge in [-0.25, -0.2) is 13.4 Å². The van der Waals surface area contributed by atoms with Crippen molar-refractivity contribution in [3.05, 3.63) is 40.6 Å². The molecule has 5 N–H and O–H groups in total. The molecule has 2 aromatic rings. The lowest BCUT2D eigenvalue weighted by molar-refractivity contribution is -0.119. The maximum absolute atomic E-state index is 13.6. The number of amidine groups is 1. The molecule has 0 spiro atoms. The quantitative estimate of drug-likeness (QED) is 0.194. The van der Waals surface area contributed by atoms with Crippen LogP contribution < -0.4 is 16.0 Å². The van der Waals surface area contributed by atoms with Gasteiger partial charge in [0.05, 0.1) is 19.2 Å². The molecular formula is C16H18F2N6O4. The molecule has 1 aromatic heterocycles. The first-order chi connectivity index (χ1) is 13.5. The van der Waals surface area contributed by atoms with Crippen LogP contribution in [-0.2, 0) is 11.2 Å². The largest absolute Gasteiger partial charge is 0.409 e. The molecule has 0 saturated heterocycles. The number of aliphatic hydroxyl groups is 1. The molecule has 28 heavy (non-hydrogen) atoms. The summed E-state index contributed by atoms with van der Waals surface area (Å²) in [6.07, 6.45) is 1.05. The second-order valence-electron chi connectivity index (χ2n) is 6.04. The minimum Gasteiger partial charge on any atom is -0.409 e. The smallest absolute Gasteiger partial charge is 0.239 e. The van der Waals surface area contributed by atoms with Gasteiger partial charge in [-0.1, -0.05) is 5.16 Å². The summed E-state index contributed by atoms with van der Waals surface area (Å²) in [6.45, 7) is -0.272. The minimum absolute atomic E-state index is 0.00786. The van der Waals surface area contributed by atoms with Crippen molar-refractivity contribution >= 4 is 17.6 Å². The van der Waals surface area contributed by atoms with Gasteiger partial charge >= 0.3 is 0 Å². The fourth-order valence-corrected chi connectivity index (χ4v) is 2.94. The van der Waals surface area contributed by atoms with Crippen molar-refractivity contribution in [2.75, 3.05) is 25.0 Å². The molecule has 0 fully saturated rings. The Kier molecular flexibility index (Phi) is 5.99. The molecule has 0 radical (unpaired) electrons. The Balaban J connectivity index is 1.70. The number of carbonyl (C=O) groups excluding carboxylic acids is 1. The van der Waals surface area contributed by atoms with Crippen LogP contribution in [0, 0.1) is 11.6 Å². The lowest BCUT2D eigenvalue weighted by atomic mass is 10.1. The number of nitrogens with zero attached hydrogens (tertiary/aromatic N) is 3. The zero-order valence-corrected chi connectivity index (χ0v) is 14.6. The summed E-state index contributed by atoms with van der Waals surface area (Å²) in [4.78, 5) is 11.6. The van der Waals surface area contributed by atoms with Gasteiger partial charge in [-0.05, 0) is 46.4 Å². The van der Waals surface area contributed by atoms with Gasteiger partial charge in [0.15, 0.2) is 23.2 Å². The number of aromatic nitrogens is 2. The Morgan fingerprint density at radius 3 is 2.86 bits per heavy atom. The molecular weight excluding hydrogens is 378 g/mol. The van der Waals surface area contributed by atoms with Gasteiger partial charge in [0.2, 0.25) is 11.7 Å². The molecule has 150 valence electrons. The molecule has 1 aliphatic carbocycles. The van der Waals surface area contributed by atoms with Crippen LogP contribution in [0.25, 0.3) is 0 Å². The van der Waals surface area contributed by atoms with E-state index in [2.05, 4.69) is 36.0 Å². The number of aliphatic hydroxyl groups excluding tert-OH is 1. The summed E-state index contributed by atoms with van der Waals surface area (Å²) in [5, 5.41) is 36.5. The maximum Gasteiger partial charge on any atom is 0.239 e. The highest BCUT2D eigenvalue weighted by Crippen LogP contribution is 2.33. The average molecular weight is 396 g/mol. The Morgan fingerprint density at radius 2 is 2.11 bits per heavy atom. The number of oxime groups is 1. The van der Waals surface area contributed by atoms with Crippen molar-refractivity contribution in [1.82, 2.24) is 20.9 Å². The van der Waals surface area contributed by atoms with E-state index in [1.807, 2.05) is 0 Å². The highest BCUT2D eigenvalue weighted by molar-refractivity contribution is 6.01. The fourth-order valence-electron chi connectivity index (χ4n) is 2.94. The number of amides is 1. The van der Waals surface area contributed by atoms with Crippen LogP contribution in [0.5, 0.6) is 0 Å². The lowest BCUT2D eigenvalue weighted by Crippen LogP contribution is -2.33. The van der Waals surface area contributed by atoms with Crippen molar-refractivity contribution in [1.29, 1.82) is 0 Å². The Bertz CT molecular complexity index is 888. The van der Waals surface area contributed by atoms with Gasteiger partial charge in [-0.15, -0.1) is 0 Å². The van der Waals surface area contributed by atoms with Crippen LogP contribution in [0.2, 0.25) is 0 Å². The summed E-state index contributed by atoms with van der Waals surface area (Å²) in [7, 11) is 0. The highest BCUT2D eigenvalue weighted by Gasteiger charge is 2.28. The van der Waals surface area contributed by atoms with Crippen LogP contribution in [0.15, 0.2) is 21.9 Å². The van der Waals surface area contributed by atoms with E-state index < -0.39 is 23.6 Å². The van der Waals surface area contributed by atoms with Gasteiger partial charge in [-0.2, -0.15) is 0 Å². The molecule has 0 bridgehead atoms. The number of benzene rings is 1. The third-order valence-corrected chi connectivity index (χ3v) is 4.23. The van der Waals surface area contributed by atoms with Crippen molar-refractivity contribution in [2.24, 2.45) is 5.16 Å². The van der Waals surface area contributed by atoms with Crippen LogP contribution in [-0.4, -0.2) is 52.1 Å². The number of halogens is 2. The van der Waals surface area contributed by atoms with E-state index in [-0.39, 0.29) is 37.0 Å². The first-order valence-electron chi connectivity index (χ1n) is 8.44. The fraction of sp³-hybridized carbons (Fsp3) is 0.375. The molecule has 0 aliphatic heterocycles. The Morgan fingerprint density at radius 1 is 1.32 bits per heavy atom. The number of hydrogen-bond acceptors (Lipinski definition) is 8. The maximum atomic E-state index is 13.6. The van der Waals surface area contributed by atoms with E-state index in [0.717, 1.165) is 12.1 Å². The zero-order chi connectivity index (χ0) is 20.1. The second-order valence-corrected chi connectivity index (χ2v) is 6.04. The Labute approximate surface area is 157 Å². The highest BCUT2D eigenvalue weighted by atomic mass is 19.2. The summed E-state index contributed by atoms with van der Waals surface area (Å²) in [5.74, 6) is -2.35. The molecule has 12 heteroatoms. The minimum atomic E-state index is -0.964. The van der Waals surface area contributed by atoms with E-state index in [0.29, 0.717) is 24.0 Å². The third-order valence-electron chi connectivity index (χ3n) is 4.23. The summed E-state index contributed by atoms with van der Waals surface area (Å²) in [5.41, 5.74) is 1.22. The van der Waals surface area contributed by atoms with Crippen LogP contribution >= 0.6 is 0 Å². The van der Waals surface area contributed by atoms with Crippen molar-refractivity contribution in [3.8, 4) is 0 Å². The van der Waals surface area contributed by atoms with Gasteiger partial charge in [0.25, 0.3) is 0 Å². The summed E-state index contributed by atoms with van der Waals surface area (Å²) in [6, 6.07) is 1.82. The van der Waals surface area contributed by atoms with E-state index in [1.165, 1.54) is 0 Å². The summed E-state index contributed by atoms with van der Waals surface area (Å²) < 4.78 is 31.6. The number of carbonyl (C=O) groups is 1. The number of fused-ring (bicyclic) bond motifs is 1. The van der Waals surface area contributed by atoms with Crippen molar-refractivity contribution in [3.63, 3.8) is 0 Å². The van der Waals surface area contributed by atoms with E-state index in [4.69, 9.17) is 5.11 Å². The second kappa shape index (κ2) is 8.61. The normalized spacial score (nSPS) is 16.0. The first kappa shape index (κ1) is 19.5. The number of aryl methyl sites for hydroxylation is 1. The first-order valence-corrected chi connectivity index (χ1v) is 8.44. The summed E-state index contributed by atoms with van der Waals surface area (Å²) >= 11 is 0. The SMILES string of the molecule is O=C(CNc1nonc1/C(=N/O)NC1CCc2cc(F)c(F)cc21)NCCO. The van der Waals surface area contributed by atoms with Gasteiger partial charge in [-0.3, -0.25) is 4.79 Å². The standard InChI is InChI=1S/C16H18F2N6O4/c17-10-5-8-1-2-12(9(8)6-11(10)18)21-16(22-27)14-15(24-28-23-14)20-7-13(26)19-3-4-25/h5-6,12,25,27H,1-4,7H2,(H,19,26)(H,20,24)(H,21,22). The molecule has 1 aromatic carbocycles. The molecule has 1 aliphatic rings. The predicted molar refractivity (Wildman–Crippen MR) is 91.8 cm³/mol. The molecule has 3 rings (SSSR count). The van der Waals surface area contributed by atoms with E-state index >= 15 is 0 Å². The zero-order valence-electron chi connectivity index (χ0n) is 14.6. The molecule has 1 atom stereocenters. The molecule has 10 nitrogen and oxygen atoms in total. The topological polar surface area (TPSA) is 145 Å². The van der Waals surface area contributed by atoms with E-state index in [9.17, 15) is 18.8 Å². The van der Waals surface area contributed by atoms with Crippen LogP contribution in [0.3, 0.4) is 0 Å². The number of hydrogen-bond donors (Lipinski definition) is 5. The third kappa shape index (κ3) is 4.17. The van der Waals surface area contributed by atoms with Crippen LogP contribution in [0.1, 0.15) is 29.3 Å². The molecule has 1 heterocycles. The Hall–Kier alpha value is -3.28. The molecule has 0 saturated carbocycles. The van der Waals surface area contributed by atoms with Crippen molar-refractivity contribution < 1.29 is 28.5 Å². The van der Waals surface area contributed by atoms with Gasteiger partial charge < -0.3 is 26.3 Å². The van der Waals surface area contributed by atoms with Gasteiger partial charge in [0, 0.05) is 6.54 Å². The van der Waals surface area contributed by atoms with Crippen LogP contribution in [0.4, 0.5) is 14.6 Å². The average Bonchev–Trinajstić information content (AvgIpc) is 3.30. The number of anilines is 1. The molecule has 1 unspecified atom stereocenters. The lowest BCUT2D eigenvalue weighted by Gasteiger charge is -2.15. The monoisotopic (exact) mass is 396 g/mol. The predicted octanol–water partition coefficient (Wildman–Crippen LogP) is 0.281. The number of nitrogens with one attached hydrogen (secondary N) is 3. The van der Waals surface area contributed by atoms with E-state index in [1.54, 1.807) is 0 Å². The molecule has 1 amide bonds. The van der Waals surface area contributed by atoms with Crippen molar-refractivity contribution in [2.45, 2.75) is 18.9 Å². The van der Waals surface area contributed by atoms with Gasteiger partial charge in [0.1, 0.15) is 0 Å².